The van der Waals surface area contributed by atoms with E-state index in [4.69, 9.17) is 9.47 Å². The Morgan fingerprint density at radius 2 is 0.825 bits per heavy atom. The van der Waals surface area contributed by atoms with Crippen LogP contribution >= 0.6 is 0 Å². The number of hydrogen-bond donors (Lipinski definition) is 1. The smallest absolute Gasteiger partial charge is 0.306 e. The third-order valence-electron chi connectivity index (χ3n) is 8.18. The van der Waals surface area contributed by atoms with E-state index in [9.17, 15) is 9.90 Å². The first-order valence-electron chi connectivity index (χ1n) is 18.1. The molecule has 0 aromatic rings. The molecule has 0 fully saturated rings. The van der Waals surface area contributed by atoms with Crippen molar-refractivity contribution in [2.24, 2.45) is 0 Å². The molecule has 0 heterocycles. The van der Waals surface area contributed by atoms with E-state index in [1.165, 1.54) is 161 Å². The zero-order chi connectivity index (χ0) is 29.2. The van der Waals surface area contributed by atoms with Gasteiger partial charge in [0, 0.05) is 13.0 Å². The molecule has 4 heteroatoms. The van der Waals surface area contributed by atoms with Crippen molar-refractivity contribution in [2.45, 2.75) is 206 Å². The second-order valence-electron chi connectivity index (χ2n) is 12.3. The molecule has 1 atom stereocenters. The summed E-state index contributed by atoms with van der Waals surface area (Å²) in [4.78, 5) is 12.1. The Kier molecular flexibility index (Phi) is 34.1. The maximum Gasteiger partial charge on any atom is 0.306 e. The second-order valence-corrected chi connectivity index (χ2v) is 12.3. The summed E-state index contributed by atoms with van der Waals surface area (Å²) in [5.41, 5.74) is 0. The molecule has 40 heavy (non-hydrogen) atoms. The van der Waals surface area contributed by atoms with Gasteiger partial charge in [0.15, 0.2) is 0 Å². The van der Waals surface area contributed by atoms with Gasteiger partial charge in [-0.25, -0.2) is 0 Å². The summed E-state index contributed by atoms with van der Waals surface area (Å²) in [6, 6.07) is 0. The monoisotopic (exact) mass is 569 g/mol. The highest BCUT2D eigenvalue weighted by Gasteiger charge is 2.13. The van der Waals surface area contributed by atoms with Crippen LogP contribution in [0.5, 0.6) is 0 Å². The van der Waals surface area contributed by atoms with Crippen LogP contribution in [-0.4, -0.2) is 37.0 Å². The Labute approximate surface area is 251 Å². The van der Waals surface area contributed by atoms with Crippen LogP contribution in [0.4, 0.5) is 0 Å². The Hall–Kier alpha value is -0.610. The Morgan fingerprint density at radius 1 is 0.500 bits per heavy atom. The molecule has 0 aromatic heterocycles. The summed E-state index contributed by atoms with van der Waals surface area (Å²) >= 11 is 0. The SMILES string of the molecule is CCCCCCCCCCCCCCCCOCC(CO)OC(=O)CCCCCCCCCCCCCCCC. The highest BCUT2D eigenvalue weighted by molar-refractivity contribution is 5.69. The van der Waals surface area contributed by atoms with Gasteiger partial charge in [-0.05, 0) is 12.8 Å². The van der Waals surface area contributed by atoms with Crippen molar-refractivity contribution >= 4 is 5.97 Å². The van der Waals surface area contributed by atoms with E-state index in [1.54, 1.807) is 0 Å². The molecule has 0 spiro atoms. The topological polar surface area (TPSA) is 55.8 Å². The molecule has 0 aliphatic carbocycles. The number of carbonyl (C=O) groups is 1. The Morgan fingerprint density at radius 3 is 1.18 bits per heavy atom. The summed E-state index contributed by atoms with van der Waals surface area (Å²) in [5.74, 6) is -0.196. The van der Waals surface area contributed by atoms with Crippen LogP contribution in [-0.2, 0) is 14.3 Å². The van der Waals surface area contributed by atoms with Crippen molar-refractivity contribution in [1.29, 1.82) is 0 Å². The van der Waals surface area contributed by atoms with E-state index >= 15 is 0 Å². The summed E-state index contributed by atoms with van der Waals surface area (Å²) in [6.07, 6.45) is 37.1. The summed E-state index contributed by atoms with van der Waals surface area (Å²) in [6.45, 7) is 5.38. The van der Waals surface area contributed by atoms with Gasteiger partial charge in [-0.15, -0.1) is 0 Å². The van der Waals surface area contributed by atoms with Crippen molar-refractivity contribution in [3.05, 3.63) is 0 Å². The lowest BCUT2D eigenvalue weighted by atomic mass is 10.0. The Balaban J connectivity index is 3.38. The fourth-order valence-corrected chi connectivity index (χ4v) is 5.45. The number of ether oxygens (including phenoxy) is 2. The minimum Gasteiger partial charge on any atom is -0.457 e. The van der Waals surface area contributed by atoms with E-state index in [0.717, 1.165) is 19.3 Å². The van der Waals surface area contributed by atoms with E-state index in [1.807, 2.05) is 0 Å². The van der Waals surface area contributed by atoms with Gasteiger partial charge in [0.1, 0.15) is 6.10 Å². The summed E-state index contributed by atoms with van der Waals surface area (Å²) in [7, 11) is 0. The van der Waals surface area contributed by atoms with Gasteiger partial charge in [0.2, 0.25) is 0 Å². The van der Waals surface area contributed by atoms with Gasteiger partial charge in [-0.2, -0.15) is 0 Å². The van der Waals surface area contributed by atoms with E-state index < -0.39 is 6.10 Å². The molecule has 4 nitrogen and oxygen atoms in total. The fourth-order valence-electron chi connectivity index (χ4n) is 5.45. The van der Waals surface area contributed by atoms with Crippen LogP contribution in [0.3, 0.4) is 0 Å². The average molecular weight is 569 g/mol. The van der Waals surface area contributed by atoms with Gasteiger partial charge < -0.3 is 14.6 Å². The molecule has 0 bridgehead atoms. The summed E-state index contributed by atoms with van der Waals surface area (Å²) in [5, 5.41) is 9.54. The second kappa shape index (κ2) is 34.6. The molecule has 0 saturated heterocycles. The predicted octanol–water partition coefficient (Wildman–Crippen LogP) is 11.3. The number of esters is 1. The van der Waals surface area contributed by atoms with Crippen molar-refractivity contribution in [1.82, 2.24) is 0 Å². The lowest BCUT2D eigenvalue weighted by Gasteiger charge is -2.16. The highest BCUT2D eigenvalue weighted by atomic mass is 16.6. The maximum atomic E-state index is 12.1. The fraction of sp³-hybridized carbons (Fsp3) is 0.972. The number of hydrogen-bond acceptors (Lipinski definition) is 4. The van der Waals surface area contributed by atoms with Crippen LogP contribution in [0.2, 0.25) is 0 Å². The van der Waals surface area contributed by atoms with Gasteiger partial charge in [-0.1, -0.05) is 181 Å². The van der Waals surface area contributed by atoms with Crippen LogP contribution in [0, 0.1) is 0 Å². The largest absolute Gasteiger partial charge is 0.457 e. The number of unbranched alkanes of at least 4 members (excludes halogenated alkanes) is 26. The average Bonchev–Trinajstić information content (AvgIpc) is 2.96. The zero-order valence-electron chi connectivity index (χ0n) is 27.4. The molecule has 0 aliphatic heterocycles. The van der Waals surface area contributed by atoms with Crippen LogP contribution in [0.1, 0.15) is 200 Å². The van der Waals surface area contributed by atoms with Crippen LogP contribution in [0.25, 0.3) is 0 Å². The molecule has 0 aromatic carbocycles. The molecule has 240 valence electrons. The third-order valence-corrected chi connectivity index (χ3v) is 8.18. The highest BCUT2D eigenvalue weighted by Crippen LogP contribution is 2.15. The van der Waals surface area contributed by atoms with Gasteiger partial charge >= 0.3 is 5.97 Å². The van der Waals surface area contributed by atoms with E-state index in [0.29, 0.717) is 19.6 Å². The molecule has 0 saturated carbocycles. The molecular weight excluding hydrogens is 496 g/mol. The number of aliphatic hydroxyl groups is 1. The minimum absolute atomic E-state index is 0.163. The molecule has 0 radical (unpaired) electrons. The molecule has 0 rings (SSSR count). The Bertz CT molecular complexity index is 481. The number of aliphatic hydroxyl groups excluding tert-OH is 1. The maximum absolute atomic E-state index is 12.1. The predicted molar refractivity (Wildman–Crippen MR) is 173 cm³/mol. The van der Waals surface area contributed by atoms with Crippen molar-refractivity contribution in [3.8, 4) is 0 Å². The number of rotatable bonds is 34. The van der Waals surface area contributed by atoms with Gasteiger partial charge in [-0.3, -0.25) is 4.79 Å². The quantitative estimate of drug-likeness (QED) is 0.0619. The van der Waals surface area contributed by atoms with Crippen molar-refractivity contribution in [2.75, 3.05) is 19.8 Å². The number of carbonyl (C=O) groups excluding carboxylic acids is 1. The molecule has 1 N–H and O–H groups in total. The standard InChI is InChI=1S/C36H72O4/c1-3-5-7-9-11-13-15-17-19-21-23-25-27-29-31-36(38)40-35(33-37)34-39-32-30-28-26-24-22-20-18-16-14-12-10-8-6-4-2/h35,37H,3-34H2,1-2H3. The van der Waals surface area contributed by atoms with E-state index in [-0.39, 0.29) is 12.6 Å². The normalized spacial score (nSPS) is 12.2. The molecule has 1 unspecified atom stereocenters. The van der Waals surface area contributed by atoms with E-state index in [2.05, 4.69) is 13.8 Å². The minimum atomic E-state index is -0.522. The van der Waals surface area contributed by atoms with Gasteiger partial charge in [0.25, 0.3) is 0 Å². The molecular formula is C36H72O4. The lowest BCUT2D eigenvalue weighted by molar-refractivity contribution is -0.154. The van der Waals surface area contributed by atoms with Crippen LogP contribution in [0.15, 0.2) is 0 Å². The zero-order valence-corrected chi connectivity index (χ0v) is 27.4. The first-order chi connectivity index (χ1) is 19.7. The summed E-state index contributed by atoms with van der Waals surface area (Å²) < 4.78 is 11.1. The molecule has 0 aliphatic rings. The lowest BCUT2D eigenvalue weighted by Crippen LogP contribution is -2.27. The first-order valence-corrected chi connectivity index (χ1v) is 18.1. The molecule has 0 amide bonds. The van der Waals surface area contributed by atoms with Crippen molar-refractivity contribution < 1.29 is 19.4 Å². The van der Waals surface area contributed by atoms with Crippen molar-refractivity contribution in [3.63, 3.8) is 0 Å². The third kappa shape index (κ3) is 31.9. The van der Waals surface area contributed by atoms with Crippen LogP contribution < -0.4 is 0 Å². The first kappa shape index (κ1) is 39.4. The van der Waals surface area contributed by atoms with Gasteiger partial charge in [0.05, 0.1) is 13.2 Å².